The Morgan fingerprint density at radius 3 is 2.69 bits per heavy atom. The van der Waals surface area contributed by atoms with Crippen molar-refractivity contribution in [1.29, 1.82) is 0 Å². The Morgan fingerprint density at radius 1 is 1.28 bits per heavy atom. The van der Waals surface area contributed by atoms with Crippen molar-refractivity contribution in [3.05, 3.63) is 57.8 Å². The Balaban J connectivity index is 0.000000426. The molecule has 2 aromatic rings. The lowest BCUT2D eigenvalue weighted by atomic mass is 10.0. The summed E-state index contributed by atoms with van der Waals surface area (Å²) in [7, 11) is 0. The number of ketones is 1. The first-order chi connectivity index (χ1) is 14.0. The zero-order valence-electron chi connectivity index (χ0n) is 16.2. The molecular formula is C21H24BrNO4S2. The average molecular weight is 498 g/mol. The summed E-state index contributed by atoms with van der Waals surface area (Å²) in [5.41, 5.74) is 1.57. The van der Waals surface area contributed by atoms with E-state index in [-0.39, 0.29) is 17.7 Å². The number of nitrogens with one attached hydrogen (secondary N) is 1. The third-order valence-electron chi connectivity index (χ3n) is 3.95. The fourth-order valence-electron chi connectivity index (χ4n) is 2.41. The predicted molar refractivity (Wildman–Crippen MR) is 122 cm³/mol. The summed E-state index contributed by atoms with van der Waals surface area (Å²) in [6.07, 6.45) is 2.36. The first-order valence-corrected chi connectivity index (χ1v) is 12.3. The maximum atomic E-state index is 12.4. The molecule has 2 heterocycles. The number of esters is 1. The van der Waals surface area contributed by atoms with Crippen molar-refractivity contribution in [2.24, 2.45) is 0 Å². The number of carbonyl (C=O) groups excluding carboxylic acids is 3. The molecule has 1 amide bonds. The molecule has 1 saturated heterocycles. The molecule has 1 aliphatic heterocycles. The largest absolute Gasteiger partial charge is 0.465 e. The molecule has 0 radical (unpaired) electrons. The highest BCUT2D eigenvalue weighted by molar-refractivity contribution is 9.10. The number of thioether (sulfide) groups is 1. The predicted octanol–water partition coefficient (Wildman–Crippen LogP) is 4.44. The highest BCUT2D eigenvalue weighted by Crippen LogP contribution is 2.18. The van der Waals surface area contributed by atoms with Gasteiger partial charge < -0.3 is 10.1 Å². The molecule has 1 unspecified atom stereocenters. The van der Waals surface area contributed by atoms with E-state index in [0.717, 1.165) is 29.2 Å². The average Bonchev–Trinajstić information content (AvgIpc) is 3.42. The number of hydrogen-bond acceptors (Lipinski definition) is 6. The third kappa shape index (κ3) is 8.32. The molecule has 1 aromatic carbocycles. The van der Waals surface area contributed by atoms with Gasteiger partial charge in [-0.2, -0.15) is 0 Å². The molecule has 3 rings (SSSR count). The van der Waals surface area contributed by atoms with Gasteiger partial charge in [-0.05, 0) is 35.9 Å². The molecule has 1 atom stereocenters. The Hall–Kier alpha value is -1.64. The van der Waals surface area contributed by atoms with E-state index in [2.05, 4.69) is 28.2 Å². The topological polar surface area (TPSA) is 72.5 Å². The van der Waals surface area contributed by atoms with Gasteiger partial charge in [-0.15, -0.1) is 23.1 Å². The van der Waals surface area contributed by atoms with Crippen LogP contribution in [0.4, 0.5) is 0 Å². The van der Waals surface area contributed by atoms with Crippen molar-refractivity contribution in [3.8, 4) is 0 Å². The van der Waals surface area contributed by atoms with Gasteiger partial charge in [-0.3, -0.25) is 14.4 Å². The van der Waals surface area contributed by atoms with Crippen LogP contribution < -0.4 is 5.32 Å². The van der Waals surface area contributed by atoms with Gasteiger partial charge in [-0.25, -0.2) is 0 Å². The van der Waals surface area contributed by atoms with E-state index in [4.69, 9.17) is 4.74 Å². The monoisotopic (exact) mass is 497 g/mol. The zero-order valence-corrected chi connectivity index (χ0v) is 19.4. The van der Waals surface area contributed by atoms with Crippen molar-refractivity contribution < 1.29 is 19.1 Å². The molecule has 1 fully saturated rings. The molecule has 0 bridgehead atoms. The Morgan fingerprint density at radius 2 is 2.10 bits per heavy atom. The van der Waals surface area contributed by atoms with Crippen molar-refractivity contribution in [3.63, 3.8) is 0 Å². The number of alkyl halides is 1. The first kappa shape index (κ1) is 23.6. The molecule has 0 aliphatic carbocycles. The van der Waals surface area contributed by atoms with Crippen LogP contribution in [0.25, 0.3) is 0 Å². The molecule has 5 nitrogen and oxygen atoms in total. The molecule has 8 heteroatoms. The van der Waals surface area contributed by atoms with Crippen molar-refractivity contribution >= 4 is 56.7 Å². The van der Waals surface area contributed by atoms with Crippen LogP contribution in [0.2, 0.25) is 0 Å². The van der Waals surface area contributed by atoms with E-state index in [9.17, 15) is 14.4 Å². The minimum Gasteiger partial charge on any atom is -0.465 e. The number of thiophene rings is 1. The van der Waals surface area contributed by atoms with Crippen LogP contribution in [0.3, 0.4) is 0 Å². The Kier molecular flexibility index (Phi) is 10.5. The number of hydrogen-bond donors (Lipinski definition) is 1. The van der Waals surface area contributed by atoms with Gasteiger partial charge in [0.25, 0.3) is 0 Å². The lowest BCUT2D eigenvalue weighted by molar-refractivity contribution is -0.142. The van der Waals surface area contributed by atoms with Gasteiger partial charge in [-0.1, -0.05) is 53.5 Å². The lowest BCUT2D eigenvalue weighted by Gasteiger charge is -2.10. The summed E-state index contributed by atoms with van der Waals surface area (Å²) >= 11 is 6.43. The summed E-state index contributed by atoms with van der Waals surface area (Å²) in [5.74, 6) is 1.38. The van der Waals surface area contributed by atoms with Gasteiger partial charge in [0.1, 0.15) is 4.83 Å². The second-order valence-corrected chi connectivity index (χ2v) is 9.33. The highest BCUT2D eigenvalue weighted by Gasteiger charge is 2.18. The molecule has 1 N–H and O–H groups in total. The fraction of sp³-hybridized carbons (Fsp3) is 0.381. The van der Waals surface area contributed by atoms with Gasteiger partial charge in [0.2, 0.25) is 11.7 Å². The number of benzene rings is 1. The number of unbranched alkanes of at least 4 members (excludes halogenated alkanes) is 1. The SMILES string of the molecule is CCCCOC(=O)C(Br)Cc1cccc(C(=O)c2cccs2)c1.O=C1CSCN1. The number of rotatable bonds is 8. The smallest absolute Gasteiger partial charge is 0.320 e. The highest BCUT2D eigenvalue weighted by atomic mass is 79.9. The molecule has 29 heavy (non-hydrogen) atoms. The van der Waals surface area contributed by atoms with E-state index in [1.807, 2.05) is 35.7 Å². The van der Waals surface area contributed by atoms with Crippen LogP contribution in [-0.2, 0) is 20.7 Å². The van der Waals surface area contributed by atoms with Crippen molar-refractivity contribution in [2.45, 2.75) is 31.0 Å². The number of amides is 1. The van der Waals surface area contributed by atoms with E-state index < -0.39 is 4.83 Å². The third-order valence-corrected chi connectivity index (χ3v) is 6.33. The normalized spacial score (nSPS) is 13.8. The number of carbonyl (C=O) groups is 3. The second-order valence-electron chi connectivity index (χ2n) is 6.29. The van der Waals surface area contributed by atoms with E-state index in [1.54, 1.807) is 17.8 Å². The van der Waals surface area contributed by atoms with Gasteiger partial charge >= 0.3 is 5.97 Å². The summed E-state index contributed by atoms with van der Waals surface area (Å²) in [5, 5.41) is 4.53. The molecule has 1 aromatic heterocycles. The summed E-state index contributed by atoms with van der Waals surface area (Å²) in [6.45, 7) is 2.50. The van der Waals surface area contributed by atoms with E-state index in [1.165, 1.54) is 11.3 Å². The van der Waals surface area contributed by atoms with Crippen LogP contribution in [0.1, 0.15) is 40.6 Å². The molecule has 0 saturated carbocycles. The Bertz CT molecular complexity index is 803. The number of ether oxygens (including phenoxy) is 1. The molecule has 156 valence electrons. The molecule has 0 spiro atoms. The first-order valence-electron chi connectivity index (χ1n) is 9.33. The minimum atomic E-state index is -0.397. The standard InChI is InChI=1S/C18H19BrO3S.C3H5NOS/c1-2-3-9-22-18(21)15(19)12-13-6-4-7-14(11-13)17(20)16-8-5-10-23-16;5-3-1-6-2-4-3/h4-8,10-11,15H,2-3,9,12H2,1H3;1-2H2,(H,4,5). The summed E-state index contributed by atoms with van der Waals surface area (Å²) in [6, 6.07) is 11.1. The quantitative estimate of drug-likeness (QED) is 0.252. The van der Waals surface area contributed by atoms with Gasteiger partial charge in [0.15, 0.2) is 0 Å². The lowest BCUT2D eigenvalue weighted by Crippen LogP contribution is -2.20. The summed E-state index contributed by atoms with van der Waals surface area (Å²) in [4.78, 5) is 34.7. The van der Waals surface area contributed by atoms with E-state index in [0.29, 0.717) is 24.3 Å². The Labute approximate surface area is 187 Å². The van der Waals surface area contributed by atoms with Crippen LogP contribution in [0.5, 0.6) is 0 Å². The van der Waals surface area contributed by atoms with E-state index >= 15 is 0 Å². The van der Waals surface area contributed by atoms with Crippen LogP contribution >= 0.6 is 39.0 Å². The maximum Gasteiger partial charge on any atom is 0.320 e. The molecular weight excluding hydrogens is 474 g/mol. The van der Waals surface area contributed by atoms with Crippen molar-refractivity contribution in [1.82, 2.24) is 5.32 Å². The van der Waals surface area contributed by atoms with Crippen LogP contribution in [0, 0.1) is 0 Å². The van der Waals surface area contributed by atoms with Crippen LogP contribution in [-0.4, -0.2) is 40.7 Å². The summed E-state index contributed by atoms with van der Waals surface area (Å²) < 4.78 is 5.20. The molecule has 1 aliphatic rings. The zero-order chi connectivity index (χ0) is 21.1. The van der Waals surface area contributed by atoms with Crippen molar-refractivity contribution in [2.75, 3.05) is 18.2 Å². The van der Waals surface area contributed by atoms with Gasteiger partial charge in [0.05, 0.1) is 23.1 Å². The maximum absolute atomic E-state index is 12.4. The fourth-order valence-corrected chi connectivity index (χ4v) is 4.26. The van der Waals surface area contributed by atoms with Crippen LogP contribution in [0.15, 0.2) is 41.8 Å². The minimum absolute atomic E-state index is 0.0125. The van der Waals surface area contributed by atoms with Gasteiger partial charge in [0, 0.05) is 5.56 Å². The second kappa shape index (κ2) is 12.8. The number of halogens is 1.